The van der Waals surface area contributed by atoms with Gasteiger partial charge >= 0.3 is 0 Å². The molecule has 1 heterocycles. The summed E-state index contributed by atoms with van der Waals surface area (Å²) in [5.41, 5.74) is 3.08. The molecule has 3 heteroatoms. The van der Waals surface area contributed by atoms with E-state index in [1.807, 2.05) is 36.5 Å². The SMILES string of the molecule is CCc1cnccc1C(O)Cc1cccc(Cl)c1. The molecule has 0 saturated heterocycles. The Morgan fingerprint density at radius 3 is 2.89 bits per heavy atom. The average Bonchev–Trinajstić information content (AvgIpc) is 2.38. The standard InChI is InChI=1S/C15H16ClNO/c1-2-12-10-17-7-6-14(12)15(18)9-11-4-3-5-13(16)8-11/h3-8,10,15,18H,2,9H2,1H3. The van der Waals surface area contributed by atoms with Crippen LogP contribution in [0.15, 0.2) is 42.7 Å². The summed E-state index contributed by atoms with van der Waals surface area (Å²) in [6.07, 6.45) is 4.46. The third-order valence-corrected chi connectivity index (χ3v) is 3.23. The van der Waals surface area contributed by atoms with E-state index >= 15 is 0 Å². The number of hydrogen-bond donors (Lipinski definition) is 1. The van der Waals surface area contributed by atoms with Crippen LogP contribution in [0.3, 0.4) is 0 Å². The molecule has 0 spiro atoms. The van der Waals surface area contributed by atoms with Crippen LogP contribution in [0.2, 0.25) is 5.02 Å². The fourth-order valence-electron chi connectivity index (χ4n) is 2.06. The van der Waals surface area contributed by atoms with Crippen LogP contribution in [-0.4, -0.2) is 10.1 Å². The first-order valence-electron chi connectivity index (χ1n) is 6.06. The van der Waals surface area contributed by atoms with Gasteiger partial charge in [-0.05, 0) is 41.3 Å². The van der Waals surface area contributed by atoms with Gasteiger partial charge in [-0.3, -0.25) is 4.98 Å². The Morgan fingerprint density at radius 1 is 1.33 bits per heavy atom. The van der Waals surface area contributed by atoms with Gasteiger partial charge in [0.25, 0.3) is 0 Å². The number of pyridine rings is 1. The van der Waals surface area contributed by atoms with Crippen molar-refractivity contribution in [2.24, 2.45) is 0 Å². The molecule has 0 radical (unpaired) electrons. The van der Waals surface area contributed by atoms with E-state index in [0.29, 0.717) is 11.4 Å². The minimum atomic E-state index is -0.513. The quantitative estimate of drug-likeness (QED) is 0.913. The maximum atomic E-state index is 10.3. The Morgan fingerprint density at radius 2 is 2.17 bits per heavy atom. The summed E-state index contributed by atoms with van der Waals surface area (Å²) in [5.74, 6) is 0. The summed E-state index contributed by atoms with van der Waals surface area (Å²) >= 11 is 5.94. The average molecular weight is 262 g/mol. The predicted octanol–water partition coefficient (Wildman–Crippen LogP) is 3.57. The molecule has 2 nitrogen and oxygen atoms in total. The molecule has 0 fully saturated rings. The third kappa shape index (κ3) is 3.09. The van der Waals surface area contributed by atoms with Gasteiger partial charge in [-0.25, -0.2) is 0 Å². The highest BCUT2D eigenvalue weighted by Crippen LogP contribution is 2.22. The number of hydrogen-bond acceptors (Lipinski definition) is 2. The second-order valence-electron chi connectivity index (χ2n) is 4.28. The van der Waals surface area contributed by atoms with Crippen molar-refractivity contribution in [3.05, 3.63) is 64.4 Å². The van der Waals surface area contributed by atoms with Crippen LogP contribution in [0, 0.1) is 0 Å². The van der Waals surface area contributed by atoms with Crippen molar-refractivity contribution in [3.63, 3.8) is 0 Å². The van der Waals surface area contributed by atoms with Crippen molar-refractivity contribution < 1.29 is 5.11 Å². The smallest absolute Gasteiger partial charge is 0.0834 e. The largest absolute Gasteiger partial charge is 0.388 e. The van der Waals surface area contributed by atoms with Gasteiger partial charge in [-0.2, -0.15) is 0 Å². The van der Waals surface area contributed by atoms with Crippen molar-refractivity contribution >= 4 is 11.6 Å². The Labute approximate surface area is 112 Å². The molecule has 2 rings (SSSR count). The molecule has 0 aliphatic carbocycles. The molecule has 0 aliphatic rings. The van der Waals surface area contributed by atoms with Crippen molar-refractivity contribution in [1.29, 1.82) is 0 Å². The van der Waals surface area contributed by atoms with Crippen LogP contribution in [-0.2, 0) is 12.8 Å². The van der Waals surface area contributed by atoms with E-state index in [0.717, 1.165) is 23.1 Å². The maximum absolute atomic E-state index is 10.3. The molecule has 2 aromatic rings. The first-order chi connectivity index (χ1) is 8.70. The van der Waals surface area contributed by atoms with Crippen LogP contribution in [0.25, 0.3) is 0 Å². The normalized spacial score (nSPS) is 12.4. The first-order valence-corrected chi connectivity index (χ1v) is 6.43. The van der Waals surface area contributed by atoms with Crippen LogP contribution >= 0.6 is 11.6 Å². The molecule has 0 aliphatic heterocycles. The lowest BCUT2D eigenvalue weighted by atomic mass is 9.97. The molecule has 1 N–H and O–H groups in total. The lowest BCUT2D eigenvalue weighted by Gasteiger charge is -2.14. The Balaban J connectivity index is 2.19. The maximum Gasteiger partial charge on any atom is 0.0834 e. The zero-order valence-electron chi connectivity index (χ0n) is 10.3. The summed E-state index contributed by atoms with van der Waals surface area (Å²) in [7, 11) is 0. The number of aryl methyl sites for hydroxylation is 1. The van der Waals surface area contributed by atoms with Crippen molar-refractivity contribution in [1.82, 2.24) is 4.98 Å². The minimum Gasteiger partial charge on any atom is -0.388 e. The molecule has 18 heavy (non-hydrogen) atoms. The van der Waals surface area contributed by atoms with Crippen molar-refractivity contribution in [3.8, 4) is 0 Å². The van der Waals surface area contributed by atoms with E-state index in [9.17, 15) is 5.11 Å². The molecule has 0 bridgehead atoms. The van der Waals surface area contributed by atoms with Crippen molar-refractivity contribution in [2.75, 3.05) is 0 Å². The number of nitrogens with zero attached hydrogens (tertiary/aromatic N) is 1. The highest BCUT2D eigenvalue weighted by molar-refractivity contribution is 6.30. The monoisotopic (exact) mass is 261 g/mol. The molecule has 0 amide bonds. The number of aromatic nitrogens is 1. The molecule has 1 aromatic heterocycles. The van der Waals surface area contributed by atoms with Gasteiger partial charge in [0, 0.05) is 23.8 Å². The minimum absolute atomic E-state index is 0.513. The molecule has 1 aromatic carbocycles. The zero-order valence-corrected chi connectivity index (χ0v) is 11.1. The van der Waals surface area contributed by atoms with E-state index in [-0.39, 0.29) is 0 Å². The zero-order chi connectivity index (χ0) is 13.0. The summed E-state index contributed by atoms with van der Waals surface area (Å²) in [4.78, 5) is 4.09. The van der Waals surface area contributed by atoms with Gasteiger partial charge in [0.15, 0.2) is 0 Å². The van der Waals surface area contributed by atoms with Crippen LogP contribution in [0.4, 0.5) is 0 Å². The van der Waals surface area contributed by atoms with E-state index in [1.165, 1.54) is 0 Å². The molecular weight excluding hydrogens is 246 g/mol. The highest BCUT2D eigenvalue weighted by Gasteiger charge is 2.12. The molecule has 1 unspecified atom stereocenters. The lowest BCUT2D eigenvalue weighted by molar-refractivity contribution is 0.177. The van der Waals surface area contributed by atoms with E-state index < -0.39 is 6.10 Å². The van der Waals surface area contributed by atoms with Crippen LogP contribution in [0.1, 0.15) is 29.7 Å². The molecule has 1 atom stereocenters. The summed E-state index contributed by atoms with van der Waals surface area (Å²) in [5, 5.41) is 11.0. The topological polar surface area (TPSA) is 33.1 Å². The molecule has 0 saturated carbocycles. The Hall–Kier alpha value is -1.38. The molecular formula is C15H16ClNO. The van der Waals surface area contributed by atoms with Crippen molar-refractivity contribution in [2.45, 2.75) is 25.9 Å². The van der Waals surface area contributed by atoms with E-state index in [2.05, 4.69) is 11.9 Å². The van der Waals surface area contributed by atoms with Gasteiger partial charge in [0.05, 0.1) is 6.10 Å². The highest BCUT2D eigenvalue weighted by atomic mass is 35.5. The van der Waals surface area contributed by atoms with Gasteiger partial charge < -0.3 is 5.11 Å². The van der Waals surface area contributed by atoms with E-state index in [1.54, 1.807) is 6.20 Å². The predicted molar refractivity (Wildman–Crippen MR) is 73.7 cm³/mol. The van der Waals surface area contributed by atoms with Gasteiger partial charge in [0.1, 0.15) is 0 Å². The first kappa shape index (κ1) is 13.1. The van der Waals surface area contributed by atoms with Crippen LogP contribution in [0.5, 0.6) is 0 Å². The lowest BCUT2D eigenvalue weighted by Crippen LogP contribution is -2.05. The number of rotatable bonds is 4. The summed E-state index contributed by atoms with van der Waals surface area (Å²) in [6.45, 7) is 2.06. The summed E-state index contributed by atoms with van der Waals surface area (Å²) < 4.78 is 0. The van der Waals surface area contributed by atoms with E-state index in [4.69, 9.17) is 11.6 Å². The number of halogens is 1. The number of benzene rings is 1. The Kier molecular flexibility index (Phi) is 4.34. The second kappa shape index (κ2) is 5.98. The fraction of sp³-hybridized carbons (Fsp3) is 0.267. The third-order valence-electron chi connectivity index (χ3n) is 3.00. The van der Waals surface area contributed by atoms with Gasteiger partial charge in [-0.15, -0.1) is 0 Å². The van der Waals surface area contributed by atoms with Gasteiger partial charge in [-0.1, -0.05) is 30.7 Å². The number of aliphatic hydroxyl groups is 1. The Bertz CT molecular complexity index is 527. The fourth-order valence-corrected chi connectivity index (χ4v) is 2.27. The van der Waals surface area contributed by atoms with Crippen LogP contribution < -0.4 is 0 Å². The number of aliphatic hydroxyl groups excluding tert-OH is 1. The summed E-state index contributed by atoms with van der Waals surface area (Å²) in [6, 6.07) is 9.48. The van der Waals surface area contributed by atoms with Gasteiger partial charge in [0.2, 0.25) is 0 Å². The molecule has 94 valence electrons. The second-order valence-corrected chi connectivity index (χ2v) is 4.71.